The van der Waals surface area contributed by atoms with Crippen molar-refractivity contribution in [3.8, 4) is 5.75 Å². The molecule has 32 heavy (non-hydrogen) atoms. The molecule has 3 aromatic carbocycles. The normalized spacial score (nSPS) is 13.5. The van der Waals surface area contributed by atoms with E-state index in [1.165, 1.54) is 0 Å². The SMILES string of the molecule is O=C(Oc1ccc(I)cc1)c1ccc(NC2=C(Cl)C(=O)N(c3ccccc3Cl)C2=O)cc1. The summed E-state index contributed by atoms with van der Waals surface area (Å²) in [4.78, 5) is 38.7. The number of hydrogen-bond donors (Lipinski definition) is 1. The molecule has 6 nitrogen and oxygen atoms in total. The number of ether oxygens (including phenoxy) is 1. The van der Waals surface area contributed by atoms with Crippen LogP contribution >= 0.6 is 45.8 Å². The van der Waals surface area contributed by atoms with Gasteiger partial charge in [0.15, 0.2) is 0 Å². The third kappa shape index (κ3) is 4.50. The van der Waals surface area contributed by atoms with Gasteiger partial charge in [-0.15, -0.1) is 0 Å². The van der Waals surface area contributed by atoms with Gasteiger partial charge >= 0.3 is 5.97 Å². The Hall–Kier alpha value is -2.88. The monoisotopic (exact) mass is 578 g/mol. The molecule has 3 aromatic rings. The summed E-state index contributed by atoms with van der Waals surface area (Å²) in [5.74, 6) is -1.39. The molecule has 160 valence electrons. The van der Waals surface area contributed by atoms with E-state index < -0.39 is 17.8 Å². The number of hydrogen-bond acceptors (Lipinski definition) is 5. The third-order valence-corrected chi connectivity index (χ3v) is 5.92. The summed E-state index contributed by atoms with van der Waals surface area (Å²) in [6, 6.07) is 19.8. The number of anilines is 2. The third-order valence-electron chi connectivity index (χ3n) is 4.53. The Morgan fingerprint density at radius 2 is 1.53 bits per heavy atom. The van der Waals surface area contributed by atoms with E-state index in [1.54, 1.807) is 60.7 Å². The predicted octanol–water partition coefficient (Wildman–Crippen LogP) is 5.60. The molecule has 0 aliphatic carbocycles. The number of halogens is 3. The summed E-state index contributed by atoms with van der Waals surface area (Å²) in [5.41, 5.74) is 0.949. The summed E-state index contributed by atoms with van der Waals surface area (Å²) in [6.07, 6.45) is 0. The zero-order valence-electron chi connectivity index (χ0n) is 16.1. The number of carbonyl (C=O) groups is 3. The molecule has 0 radical (unpaired) electrons. The van der Waals surface area contributed by atoms with Crippen LogP contribution in [0.5, 0.6) is 5.75 Å². The van der Waals surface area contributed by atoms with Crippen molar-refractivity contribution >= 4 is 75.0 Å². The second-order valence-electron chi connectivity index (χ2n) is 6.63. The van der Waals surface area contributed by atoms with Gasteiger partial charge < -0.3 is 10.1 Å². The molecule has 9 heteroatoms. The first-order valence-electron chi connectivity index (χ1n) is 9.23. The van der Waals surface area contributed by atoms with Gasteiger partial charge in [-0.25, -0.2) is 9.69 Å². The standard InChI is InChI=1S/C23H13Cl2IN2O4/c24-17-3-1-2-4-18(17)28-21(29)19(25)20(22(28)30)27-15-9-5-13(6-10-15)23(31)32-16-11-7-14(26)8-12-16/h1-12,27H. The van der Waals surface area contributed by atoms with E-state index in [0.29, 0.717) is 17.0 Å². The van der Waals surface area contributed by atoms with Crippen LogP contribution in [0, 0.1) is 3.57 Å². The van der Waals surface area contributed by atoms with Crippen LogP contribution < -0.4 is 15.0 Å². The molecular formula is C23H13Cl2IN2O4. The highest BCUT2D eigenvalue weighted by Crippen LogP contribution is 2.34. The topological polar surface area (TPSA) is 75.7 Å². The number of benzene rings is 3. The number of esters is 1. The zero-order valence-corrected chi connectivity index (χ0v) is 19.8. The molecule has 0 saturated heterocycles. The molecule has 0 spiro atoms. The van der Waals surface area contributed by atoms with Crippen molar-refractivity contribution in [3.63, 3.8) is 0 Å². The Kier molecular flexibility index (Phi) is 6.50. The molecule has 0 aromatic heterocycles. The molecule has 1 heterocycles. The molecule has 0 unspecified atom stereocenters. The molecule has 1 N–H and O–H groups in total. The van der Waals surface area contributed by atoms with E-state index in [-0.39, 0.29) is 21.4 Å². The van der Waals surface area contributed by atoms with Crippen LogP contribution in [0.25, 0.3) is 0 Å². The van der Waals surface area contributed by atoms with Crippen molar-refractivity contribution in [2.45, 2.75) is 0 Å². The van der Waals surface area contributed by atoms with Crippen molar-refractivity contribution < 1.29 is 19.1 Å². The van der Waals surface area contributed by atoms with Gasteiger partial charge in [-0.3, -0.25) is 9.59 Å². The van der Waals surface area contributed by atoms with E-state index >= 15 is 0 Å². The smallest absolute Gasteiger partial charge is 0.343 e. The molecule has 0 atom stereocenters. The van der Waals surface area contributed by atoms with Gasteiger partial charge in [0, 0.05) is 9.26 Å². The average Bonchev–Trinajstić information content (AvgIpc) is 2.99. The first kappa shape index (κ1) is 22.3. The van der Waals surface area contributed by atoms with Gasteiger partial charge in [0.1, 0.15) is 16.5 Å². The zero-order chi connectivity index (χ0) is 22.8. The number of para-hydroxylation sites is 1. The maximum absolute atomic E-state index is 12.9. The van der Waals surface area contributed by atoms with Crippen LogP contribution in [0.3, 0.4) is 0 Å². The van der Waals surface area contributed by atoms with Gasteiger partial charge in [-0.1, -0.05) is 35.3 Å². The summed E-state index contributed by atoms with van der Waals surface area (Å²) in [5, 5.41) is 2.85. The lowest BCUT2D eigenvalue weighted by atomic mass is 10.2. The van der Waals surface area contributed by atoms with E-state index in [1.807, 2.05) is 12.1 Å². The van der Waals surface area contributed by atoms with Gasteiger partial charge in [-0.05, 0) is 83.3 Å². The van der Waals surface area contributed by atoms with Crippen molar-refractivity contribution in [2.75, 3.05) is 10.2 Å². The fourth-order valence-electron chi connectivity index (χ4n) is 2.97. The fraction of sp³-hybridized carbons (Fsp3) is 0. The Morgan fingerprint density at radius 3 is 2.19 bits per heavy atom. The molecule has 1 aliphatic rings. The van der Waals surface area contributed by atoms with E-state index in [2.05, 4.69) is 27.9 Å². The summed E-state index contributed by atoms with van der Waals surface area (Å²) in [6.45, 7) is 0. The van der Waals surface area contributed by atoms with Gasteiger partial charge in [0.2, 0.25) is 0 Å². The van der Waals surface area contributed by atoms with Crippen molar-refractivity contribution in [2.24, 2.45) is 0 Å². The Bertz CT molecular complexity index is 1260. The first-order valence-corrected chi connectivity index (χ1v) is 11.1. The molecule has 1 aliphatic heterocycles. The Labute approximate surface area is 206 Å². The fourth-order valence-corrected chi connectivity index (χ4v) is 3.76. The van der Waals surface area contributed by atoms with Gasteiger partial charge in [0.25, 0.3) is 11.8 Å². The summed E-state index contributed by atoms with van der Waals surface area (Å²) in [7, 11) is 0. The first-order chi connectivity index (χ1) is 15.3. The second-order valence-corrected chi connectivity index (χ2v) is 8.66. The van der Waals surface area contributed by atoms with E-state index in [9.17, 15) is 14.4 Å². The van der Waals surface area contributed by atoms with Crippen molar-refractivity contribution in [1.29, 1.82) is 0 Å². The maximum atomic E-state index is 12.9. The van der Waals surface area contributed by atoms with Crippen LogP contribution in [0.2, 0.25) is 5.02 Å². The molecule has 0 saturated carbocycles. The van der Waals surface area contributed by atoms with Crippen LogP contribution in [-0.4, -0.2) is 17.8 Å². The number of nitrogens with zero attached hydrogens (tertiary/aromatic N) is 1. The van der Waals surface area contributed by atoms with Crippen molar-refractivity contribution in [3.05, 3.63) is 97.7 Å². The lowest BCUT2D eigenvalue weighted by Crippen LogP contribution is -2.32. The Morgan fingerprint density at radius 1 is 0.875 bits per heavy atom. The highest BCUT2D eigenvalue weighted by atomic mass is 127. The minimum atomic E-state index is -0.676. The lowest BCUT2D eigenvalue weighted by Gasteiger charge is -2.16. The highest BCUT2D eigenvalue weighted by molar-refractivity contribution is 14.1. The van der Waals surface area contributed by atoms with Gasteiger partial charge in [-0.2, -0.15) is 0 Å². The highest BCUT2D eigenvalue weighted by Gasteiger charge is 2.39. The predicted molar refractivity (Wildman–Crippen MR) is 131 cm³/mol. The summed E-state index contributed by atoms with van der Waals surface area (Å²) < 4.78 is 6.37. The second kappa shape index (κ2) is 9.32. The number of rotatable bonds is 5. The molecule has 4 rings (SSSR count). The van der Waals surface area contributed by atoms with E-state index in [0.717, 1.165) is 8.47 Å². The minimum absolute atomic E-state index is 0.0780. The quantitative estimate of drug-likeness (QED) is 0.185. The number of nitrogens with one attached hydrogen (secondary N) is 1. The minimum Gasteiger partial charge on any atom is -0.423 e. The van der Waals surface area contributed by atoms with Crippen molar-refractivity contribution in [1.82, 2.24) is 0 Å². The summed E-state index contributed by atoms with van der Waals surface area (Å²) >= 11 is 14.4. The number of imide groups is 1. The maximum Gasteiger partial charge on any atom is 0.343 e. The van der Waals surface area contributed by atoms with Crippen LogP contribution in [0.4, 0.5) is 11.4 Å². The van der Waals surface area contributed by atoms with Crippen LogP contribution in [0.1, 0.15) is 10.4 Å². The molecule has 0 fully saturated rings. The lowest BCUT2D eigenvalue weighted by molar-refractivity contribution is -0.120. The van der Waals surface area contributed by atoms with Crippen LogP contribution in [-0.2, 0) is 9.59 Å². The molecule has 2 amide bonds. The van der Waals surface area contributed by atoms with Crippen LogP contribution in [0.15, 0.2) is 83.5 Å². The largest absolute Gasteiger partial charge is 0.423 e. The average molecular weight is 579 g/mol. The number of amides is 2. The number of carbonyl (C=O) groups excluding carboxylic acids is 3. The Balaban J connectivity index is 1.49. The van der Waals surface area contributed by atoms with E-state index in [4.69, 9.17) is 27.9 Å². The van der Waals surface area contributed by atoms with Gasteiger partial charge in [0.05, 0.1) is 16.3 Å². The molecule has 0 bridgehead atoms. The molecular weight excluding hydrogens is 566 g/mol.